The molecular formula is C24H21Cl3N6. The fourth-order valence-electron chi connectivity index (χ4n) is 5.38. The van der Waals surface area contributed by atoms with Crippen molar-refractivity contribution in [1.29, 1.82) is 0 Å². The number of benzene rings is 1. The van der Waals surface area contributed by atoms with Crippen LogP contribution in [0.3, 0.4) is 0 Å². The summed E-state index contributed by atoms with van der Waals surface area (Å²) in [6.07, 6.45) is 10.1. The minimum absolute atomic E-state index is 0.0152. The molecule has 3 aromatic heterocycles. The number of hydrogen-bond acceptors (Lipinski definition) is 5. The van der Waals surface area contributed by atoms with Crippen molar-refractivity contribution < 1.29 is 0 Å². The molecule has 0 saturated carbocycles. The van der Waals surface area contributed by atoms with Crippen molar-refractivity contribution >= 4 is 46.1 Å². The fraction of sp³-hybridized carbons (Fsp3) is 0.292. The molecule has 2 aliphatic rings. The molecule has 6 rings (SSSR count). The zero-order valence-corrected chi connectivity index (χ0v) is 19.9. The predicted molar refractivity (Wildman–Crippen MR) is 132 cm³/mol. The summed E-state index contributed by atoms with van der Waals surface area (Å²) in [6.45, 7) is 1.72. The van der Waals surface area contributed by atoms with Crippen molar-refractivity contribution in [2.24, 2.45) is 11.1 Å². The van der Waals surface area contributed by atoms with Crippen LogP contribution in [0.1, 0.15) is 30.1 Å². The van der Waals surface area contributed by atoms with Gasteiger partial charge in [-0.1, -0.05) is 40.9 Å². The van der Waals surface area contributed by atoms with E-state index < -0.39 is 0 Å². The second-order valence-corrected chi connectivity index (χ2v) is 10.1. The van der Waals surface area contributed by atoms with Crippen LogP contribution in [0, 0.1) is 5.41 Å². The van der Waals surface area contributed by atoms with Crippen LogP contribution in [0.25, 0.3) is 16.9 Å². The first kappa shape index (κ1) is 21.2. The van der Waals surface area contributed by atoms with Gasteiger partial charge in [-0.15, -0.1) is 0 Å². The van der Waals surface area contributed by atoms with Gasteiger partial charge >= 0.3 is 0 Å². The first-order chi connectivity index (χ1) is 16.0. The molecule has 1 aliphatic carbocycles. The van der Waals surface area contributed by atoms with Crippen LogP contribution in [0.4, 0.5) is 5.82 Å². The summed E-state index contributed by atoms with van der Waals surface area (Å²) in [6, 6.07) is 7.52. The Morgan fingerprint density at radius 1 is 1.03 bits per heavy atom. The third kappa shape index (κ3) is 3.31. The highest BCUT2D eigenvalue weighted by Crippen LogP contribution is 2.50. The van der Waals surface area contributed by atoms with E-state index >= 15 is 0 Å². The molecule has 1 aliphatic heterocycles. The number of imidazole rings is 1. The number of halogens is 3. The Morgan fingerprint density at radius 3 is 2.67 bits per heavy atom. The lowest BCUT2D eigenvalue weighted by molar-refractivity contribution is 0.186. The third-order valence-electron chi connectivity index (χ3n) is 7.15. The Hall–Kier alpha value is -2.38. The van der Waals surface area contributed by atoms with Crippen molar-refractivity contribution in [2.75, 3.05) is 18.0 Å². The van der Waals surface area contributed by atoms with Crippen molar-refractivity contribution in [1.82, 2.24) is 19.4 Å². The van der Waals surface area contributed by atoms with E-state index in [0.717, 1.165) is 60.8 Å². The minimum atomic E-state index is -0.0674. The monoisotopic (exact) mass is 498 g/mol. The highest BCUT2D eigenvalue weighted by Gasteiger charge is 2.47. The molecule has 168 valence electrons. The van der Waals surface area contributed by atoms with E-state index in [1.54, 1.807) is 18.5 Å². The molecule has 1 fully saturated rings. The summed E-state index contributed by atoms with van der Waals surface area (Å²) >= 11 is 18.9. The van der Waals surface area contributed by atoms with Crippen molar-refractivity contribution in [3.63, 3.8) is 0 Å². The standard InChI is InChI=1S/C24H21Cl3N6/c25-15-10-14-11-24(21(28)20(14)30-12-15)4-7-32(8-5-24)23-18-13-31-22(33(18)9-6-29-23)16-2-1-3-17(26)19(16)27/h1-3,6,9-10,12-13,21H,4-5,7-8,11,28H2. The van der Waals surface area contributed by atoms with Gasteiger partial charge in [0.05, 0.1) is 33.0 Å². The number of aromatic nitrogens is 4. The van der Waals surface area contributed by atoms with E-state index in [9.17, 15) is 0 Å². The molecule has 1 saturated heterocycles. The van der Waals surface area contributed by atoms with E-state index in [-0.39, 0.29) is 11.5 Å². The van der Waals surface area contributed by atoms with Gasteiger partial charge in [-0.3, -0.25) is 9.38 Å². The van der Waals surface area contributed by atoms with E-state index in [1.165, 1.54) is 5.56 Å². The topological polar surface area (TPSA) is 72.3 Å². The van der Waals surface area contributed by atoms with Gasteiger partial charge < -0.3 is 10.6 Å². The van der Waals surface area contributed by atoms with Gasteiger partial charge in [0, 0.05) is 37.2 Å². The average Bonchev–Trinajstić information content (AvgIpc) is 3.35. The van der Waals surface area contributed by atoms with Gasteiger partial charge in [-0.25, -0.2) is 9.97 Å². The molecule has 2 N–H and O–H groups in total. The summed E-state index contributed by atoms with van der Waals surface area (Å²) in [5, 5.41) is 1.67. The third-order valence-corrected chi connectivity index (χ3v) is 8.18. The van der Waals surface area contributed by atoms with Gasteiger partial charge in [0.1, 0.15) is 11.3 Å². The van der Waals surface area contributed by atoms with E-state index in [2.05, 4.69) is 14.9 Å². The summed E-state index contributed by atoms with van der Waals surface area (Å²) in [4.78, 5) is 16.2. The Balaban J connectivity index is 1.30. The SMILES string of the molecule is NC1c2ncc(Cl)cc2CC12CCN(c1nccn3c(-c4cccc(Cl)c4Cl)ncc13)CC2. The lowest BCUT2D eigenvalue weighted by Gasteiger charge is -2.42. The molecule has 33 heavy (non-hydrogen) atoms. The van der Waals surface area contributed by atoms with Crippen LogP contribution in [0.2, 0.25) is 15.1 Å². The molecule has 0 bridgehead atoms. The lowest BCUT2D eigenvalue weighted by Crippen LogP contribution is -2.44. The number of rotatable bonds is 2. The van der Waals surface area contributed by atoms with Gasteiger partial charge in [0.2, 0.25) is 0 Å². The zero-order valence-electron chi connectivity index (χ0n) is 17.7. The Labute approximate surface area is 206 Å². The molecule has 0 amide bonds. The maximum absolute atomic E-state index is 6.70. The van der Waals surface area contributed by atoms with Crippen molar-refractivity contribution in [3.8, 4) is 11.4 Å². The number of piperidine rings is 1. The van der Waals surface area contributed by atoms with Crippen LogP contribution in [-0.2, 0) is 6.42 Å². The van der Waals surface area contributed by atoms with E-state index in [1.807, 2.05) is 35.0 Å². The Kier molecular flexibility index (Phi) is 5.03. The molecule has 6 nitrogen and oxygen atoms in total. The second kappa shape index (κ2) is 7.84. The molecule has 1 atom stereocenters. The molecule has 9 heteroatoms. The smallest absolute Gasteiger partial charge is 0.154 e. The summed E-state index contributed by atoms with van der Waals surface area (Å²) in [5.41, 5.74) is 10.6. The highest BCUT2D eigenvalue weighted by atomic mass is 35.5. The maximum atomic E-state index is 6.70. The number of fused-ring (bicyclic) bond motifs is 2. The first-order valence-corrected chi connectivity index (χ1v) is 12.0. The van der Waals surface area contributed by atoms with Gasteiger partial charge in [0.25, 0.3) is 0 Å². The number of nitrogens with two attached hydrogens (primary N) is 1. The predicted octanol–water partition coefficient (Wildman–Crippen LogP) is 5.59. The minimum Gasteiger partial charge on any atom is -0.355 e. The summed E-state index contributed by atoms with van der Waals surface area (Å²) in [7, 11) is 0. The van der Waals surface area contributed by atoms with Crippen LogP contribution in [-0.4, -0.2) is 32.4 Å². The normalized spacial score (nSPS) is 19.4. The number of hydrogen-bond donors (Lipinski definition) is 1. The number of pyridine rings is 1. The van der Waals surface area contributed by atoms with Gasteiger partial charge in [-0.2, -0.15) is 0 Å². The highest BCUT2D eigenvalue weighted by molar-refractivity contribution is 6.43. The first-order valence-electron chi connectivity index (χ1n) is 10.9. The van der Waals surface area contributed by atoms with Gasteiger partial charge in [-0.05, 0) is 48.4 Å². The van der Waals surface area contributed by atoms with E-state index in [0.29, 0.717) is 15.1 Å². The summed E-state index contributed by atoms with van der Waals surface area (Å²) < 4.78 is 2.02. The van der Waals surface area contributed by atoms with Crippen molar-refractivity contribution in [2.45, 2.75) is 25.3 Å². The molecule has 0 radical (unpaired) electrons. The molecule has 1 aromatic carbocycles. The summed E-state index contributed by atoms with van der Waals surface area (Å²) in [5.74, 6) is 1.65. The second-order valence-electron chi connectivity index (χ2n) is 8.89. The lowest BCUT2D eigenvalue weighted by atomic mass is 9.73. The average molecular weight is 500 g/mol. The molecule has 4 heterocycles. The van der Waals surface area contributed by atoms with Crippen LogP contribution in [0.15, 0.2) is 49.1 Å². The zero-order chi connectivity index (χ0) is 22.7. The van der Waals surface area contributed by atoms with Gasteiger partial charge in [0.15, 0.2) is 5.82 Å². The quantitative estimate of drug-likeness (QED) is 0.389. The van der Waals surface area contributed by atoms with Crippen LogP contribution < -0.4 is 10.6 Å². The van der Waals surface area contributed by atoms with Crippen molar-refractivity contribution in [3.05, 3.63) is 75.4 Å². The molecule has 1 unspecified atom stereocenters. The largest absolute Gasteiger partial charge is 0.355 e. The van der Waals surface area contributed by atoms with Crippen LogP contribution in [0.5, 0.6) is 0 Å². The Morgan fingerprint density at radius 2 is 1.85 bits per heavy atom. The number of anilines is 1. The fourth-order valence-corrected chi connectivity index (χ4v) is 5.94. The molecular weight excluding hydrogens is 479 g/mol. The molecule has 1 spiro atoms. The van der Waals surface area contributed by atoms with Crippen LogP contribution >= 0.6 is 34.8 Å². The number of nitrogens with zero attached hydrogens (tertiary/aromatic N) is 5. The maximum Gasteiger partial charge on any atom is 0.154 e. The Bertz CT molecular complexity index is 1380. The van der Waals surface area contributed by atoms with E-state index in [4.69, 9.17) is 45.5 Å². The molecule has 4 aromatic rings.